The second-order valence-corrected chi connectivity index (χ2v) is 5.81. The van der Waals surface area contributed by atoms with E-state index in [0.29, 0.717) is 6.04 Å². The summed E-state index contributed by atoms with van der Waals surface area (Å²) in [5.41, 5.74) is 0.885. The molecule has 0 bridgehead atoms. The van der Waals surface area contributed by atoms with Crippen LogP contribution in [0.15, 0.2) is 22.8 Å². The number of rotatable bonds is 4. The monoisotopic (exact) mass is 323 g/mol. The molecule has 1 aliphatic heterocycles. The average Bonchev–Trinajstić information content (AvgIpc) is 3.03. The van der Waals surface area contributed by atoms with Gasteiger partial charge in [-0.25, -0.2) is 4.52 Å². The van der Waals surface area contributed by atoms with Gasteiger partial charge in [0.2, 0.25) is 5.95 Å². The highest BCUT2D eigenvalue weighted by atomic mass is 79.9. The first kappa shape index (κ1) is 12.9. The van der Waals surface area contributed by atoms with E-state index in [1.54, 1.807) is 0 Å². The molecule has 1 aliphatic rings. The molecule has 0 aromatic carbocycles. The summed E-state index contributed by atoms with van der Waals surface area (Å²) >= 11 is 3.45. The molecule has 0 amide bonds. The average molecular weight is 324 g/mol. The molecule has 0 radical (unpaired) electrons. The molecule has 0 saturated carbocycles. The third-order valence-electron chi connectivity index (χ3n) is 3.55. The summed E-state index contributed by atoms with van der Waals surface area (Å²) in [6.07, 6.45) is 4.46. The van der Waals surface area contributed by atoms with Gasteiger partial charge in [0.1, 0.15) is 0 Å². The maximum Gasteiger partial charge on any atom is 0.245 e. The van der Waals surface area contributed by atoms with Gasteiger partial charge in [0.05, 0.1) is 0 Å². The highest BCUT2D eigenvalue weighted by Crippen LogP contribution is 2.16. The Kier molecular flexibility index (Phi) is 3.70. The van der Waals surface area contributed by atoms with Crippen LogP contribution >= 0.6 is 15.9 Å². The number of nitrogens with zero attached hydrogens (tertiary/aromatic N) is 4. The third kappa shape index (κ3) is 2.74. The highest BCUT2D eigenvalue weighted by molar-refractivity contribution is 9.10. The fourth-order valence-corrected chi connectivity index (χ4v) is 2.84. The molecule has 1 N–H and O–H groups in total. The van der Waals surface area contributed by atoms with E-state index in [0.717, 1.165) is 35.7 Å². The Hall–Kier alpha value is -1.14. The molecule has 1 unspecified atom stereocenters. The summed E-state index contributed by atoms with van der Waals surface area (Å²) in [4.78, 5) is 6.84. The van der Waals surface area contributed by atoms with Crippen LogP contribution in [0.25, 0.3) is 5.65 Å². The molecule has 0 spiro atoms. The van der Waals surface area contributed by atoms with E-state index >= 15 is 0 Å². The second-order valence-electron chi connectivity index (χ2n) is 4.89. The van der Waals surface area contributed by atoms with E-state index in [4.69, 9.17) is 0 Å². The number of aromatic nitrogens is 3. The van der Waals surface area contributed by atoms with E-state index in [-0.39, 0.29) is 0 Å². The van der Waals surface area contributed by atoms with Gasteiger partial charge in [0, 0.05) is 29.8 Å². The second kappa shape index (κ2) is 5.46. The van der Waals surface area contributed by atoms with Crippen molar-refractivity contribution >= 4 is 27.5 Å². The molecule has 5 nitrogen and oxygen atoms in total. The Bertz CT molecular complexity index is 561. The Labute approximate surface area is 121 Å². The number of nitrogens with one attached hydrogen (secondary N) is 1. The van der Waals surface area contributed by atoms with Gasteiger partial charge in [-0.15, -0.1) is 5.10 Å². The van der Waals surface area contributed by atoms with Crippen LogP contribution in [0.3, 0.4) is 0 Å². The quantitative estimate of drug-likeness (QED) is 0.935. The molecule has 1 saturated heterocycles. The molecule has 19 heavy (non-hydrogen) atoms. The van der Waals surface area contributed by atoms with Gasteiger partial charge < -0.3 is 10.2 Å². The molecule has 0 aliphatic carbocycles. The fraction of sp³-hybridized carbons (Fsp3) is 0.538. The van der Waals surface area contributed by atoms with Crippen LogP contribution in [-0.4, -0.2) is 40.3 Å². The summed E-state index contributed by atoms with van der Waals surface area (Å²) in [7, 11) is 0. The molecule has 1 atom stereocenters. The predicted molar refractivity (Wildman–Crippen MR) is 79.6 cm³/mol. The van der Waals surface area contributed by atoms with Crippen LogP contribution in [0.5, 0.6) is 0 Å². The van der Waals surface area contributed by atoms with Crippen molar-refractivity contribution in [2.24, 2.45) is 0 Å². The van der Waals surface area contributed by atoms with Crippen LogP contribution in [0.1, 0.15) is 19.8 Å². The fourth-order valence-electron chi connectivity index (χ4n) is 2.51. The van der Waals surface area contributed by atoms with Gasteiger partial charge in [-0.2, -0.15) is 4.98 Å². The van der Waals surface area contributed by atoms with E-state index in [9.17, 15) is 0 Å². The summed E-state index contributed by atoms with van der Waals surface area (Å²) in [6, 6.07) is 4.53. The molecular formula is C13H18BrN5. The van der Waals surface area contributed by atoms with Crippen molar-refractivity contribution in [1.29, 1.82) is 0 Å². The van der Waals surface area contributed by atoms with Gasteiger partial charge in [-0.3, -0.25) is 0 Å². The Balaban J connectivity index is 1.83. The highest BCUT2D eigenvalue weighted by Gasteiger charge is 2.19. The van der Waals surface area contributed by atoms with E-state index < -0.39 is 0 Å². The Morgan fingerprint density at radius 3 is 3.16 bits per heavy atom. The zero-order valence-electron chi connectivity index (χ0n) is 11.0. The van der Waals surface area contributed by atoms with E-state index in [2.05, 4.69) is 43.2 Å². The number of anilines is 1. The summed E-state index contributed by atoms with van der Waals surface area (Å²) < 4.78 is 2.83. The van der Waals surface area contributed by atoms with Gasteiger partial charge in [0.15, 0.2) is 5.65 Å². The summed E-state index contributed by atoms with van der Waals surface area (Å²) in [5.74, 6) is 0.814. The summed E-state index contributed by atoms with van der Waals surface area (Å²) in [6.45, 7) is 5.19. The SMILES string of the molecule is CCN(CC1CCCN1)c1nc2ccc(Br)cn2n1. The van der Waals surface area contributed by atoms with Crippen molar-refractivity contribution in [2.75, 3.05) is 24.5 Å². The zero-order chi connectivity index (χ0) is 13.2. The van der Waals surface area contributed by atoms with Gasteiger partial charge in [0.25, 0.3) is 0 Å². The topological polar surface area (TPSA) is 45.5 Å². The number of hydrogen-bond acceptors (Lipinski definition) is 4. The first-order chi connectivity index (χ1) is 9.26. The number of pyridine rings is 1. The van der Waals surface area contributed by atoms with Crippen molar-refractivity contribution < 1.29 is 0 Å². The smallest absolute Gasteiger partial charge is 0.245 e. The van der Waals surface area contributed by atoms with Crippen molar-refractivity contribution in [3.8, 4) is 0 Å². The van der Waals surface area contributed by atoms with Crippen LogP contribution in [0, 0.1) is 0 Å². The van der Waals surface area contributed by atoms with E-state index in [1.807, 2.05) is 22.8 Å². The first-order valence-electron chi connectivity index (χ1n) is 6.76. The number of likely N-dealkylation sites (N-methyl/N-ethyl adjacent to an activating group) is 1. The number of halogens is 1. The number of hydrogen-bond donors (Lipinski definition) is 1. The van der Waals surface area contributed by atoms with Crippen molar-refractivity contribution in [3.05, 3.63) is 22.8 Å². The molecular weight excluding hydrogens is 306 g/mol. The molecule has 102 valence electrons. The van der Waals surface area contributed by atoms with Crippen LogP contribution in [0.2, 0.25) is 0 Å². The minimum absolute atomic E-state index is 0.568. The number of fused-ring (bicyclic) bond motifs is 1. The maximum absolute atomic E-state index is 4.60. The van der Waals surface area contributed by atoms with Crippen molar-refractivity contribution in [2.45, 2.75) is 25.8 Å². The minimum atomic E-state index is 0.568. The lowest BCUT2D eigenvalue weighted by molar-refractivity contribution is 0.580. The van der Waals surface area contributed by atoms with Gasteiger partial charge in [-0.1, -0.05) is 0 Å². The van der Waals surface area contributed by atoms with E-state index in [1.165, 1.54) is 12.8 Å². The lowest BCUT2D eigenvalue weighted by atomic mass is 10.2. The third-order valence-corrected chi connectivity index (χ3v) is 4.02. The van der Waals surface area contributed by atoms with Gasteiger partial charge >= 0.3 is 0 Å². The maximum atomic E-state index is 4.60. The molecule has 3 rings (SSSR count). The molecule has 1 fully saturated rings. The Morgan fingerprint density at radius 2 is 2.42 bits per heavy atom. The normalized spacial score (nSPS) is 19.2. The van der Waals surface area contributed by atoms with Gasteiger partial charge in [-0.05, 0) is 54.4 Å². The lowest BCUT2D eigenvalue weighted by Crippen LogP contribution is -2.38. The Morgan fingerprint density at radius 1 is 1.53 bits per heavy atom. The van der Waals surface area contributed by atoms with Crippen LogP contribution in [-0.2, 0) is 0 Å². The standard InChI is InChI=1S/C13H18BrN5/c1-2-18(9-11-4-3-7-15-11)13-16-12-6-5-10(14)8-19(12)17-13/h5-6,8,11,15H,2-4,7,9H2,1H3. The minimum Gasteiger partial charge on any atom is -0.338 e. The lowest BCUT2D eigenvalue weighted by Gasteiger charge is -2.22. The van der Waals surface area contributed by atoms with Crippen molar-refractivity contribution in [1.82, 2.24) is 19.9 Å². The largest absolute Gasteiger partial charge is 0.338 e. The van der Waals surface area contributed by atoms with Crippen LogP contribution < -0.4 is 10.2 Å². The molecule has 3 heterocycles. The predicted octanol–water partition coefficient (Wildman–Crippen LogP) is 2.07. The van der Waals surface area contributed by atoms with Crippen molar-refractivity contribution in [3.63, 3.8) is 0 Å². The molecule has 2 aromatic rings. The molecule has 6 heteroatoms. The molecule has 2 aromatic heterocycles. The zero-order valence-corrected chi connectivity index (χ0v) is 12.6. The summed E-state index contributed by atoms with van der Waals surface area (Å²) in [5, 5.41) is 8.08. The van der Waals surface area contributed by atoms with Crippen LogP contribution in [0.4, 0.5) is 5.95 Å². The first-order valence-corrected chi connectivity index (χ1v) is 7.56.